The number of nitrogens with zero attached hydrogens (tertiary/aromatic N) is 4. The molecule has 1 aromatic carbocycles. The number of nitrogens with one attached hydrogen (secondary N) is 2. The summed E-state index contributed by atoms with van der Waals surface area (Å²) in [6, 6.07) is 4.93. The van der Waals surface area contributed by atoms with Gasteiger partial charge in [-0.1, -0.05) is 6.07 Å². The van der Waals surface area contributed by atoms with Gasteiger partial charge in [0.25, 0.3) is 5.56 Å². The predicted octanol–water partition coefficient (Wildman–Crippen LogP) is -0.424. The zero-order valence-electron chi connectivity index (χ0n) is 14.6. The van der Waals surface area contributed by atoms with Crippen molar-refractivity contribution in [1.29, 1.82) is 0 Å². The Morgan fingerprint density at radius 3 is 2.89 bits per heavy atom. The summed E-state index contributed by atoms with van der Waals surface area (Å²) < 4.78 is 7.63. The minimum absolute atomic E-state index is 0.0695. The van der Waals surface area contributed by atoms with E-state index in [1.54, 1.807) is 18.2 Å². The lowest BCUT2D eigenvalue weighted by Gasteiger charge is -2.06. The number of H-pyrrole nitrogens is 1. The number of aromatic nitrogens is 4. The lowest BCUT2D eigenvalue weighted by Crippen LogP contribution is -2.29. The summed E-state index contributed by atoms with van der Waals surface area (Å²) in [5.74, 6) is 0.380. The van der Waals surface area contributed by atoms with E-state index in [4.69, 9.17) is 4.74 Å². The van der Waals surface area contributed by atoms with E-state index in [1.165, 1.54) is 29.5 Å². The van der Waals surface area contributed by atoms with Crippen LogP contribution in [0.3, 0.4) is 0 Å². The van der Waals surface area contributed by atoms with Crippen molar-refractivity contribution in [3.05, 3.63) is 44.6 Å². The third-order valence-corrected chi connectivity index (χ3v) is 3.95. The molecule has 0 aliphatic rings. The fraction of sp³-hybridized carbons (Fsp3) is 0.250. The number of anilines is 1. The highest BCUT2D eigenvalue weighted by Crippen LogP contribution is 2.28. The van der Waals surface area contributed by atoms with E-state index < -0.39 is 11.2 Å². The SMILES string of the molecule is COc1cccc(/C=N\Nc2nc3c(c(=O)[nH]c(=O)n3C)n2CCO)c1O. The van der Waals surface area contributed by atoms with Crippen molar-refractivity contribution in [2.45, 2.75) is 6.54 Å². The Bertz CT molecular complexity index is 1130. The molecule has 0 saturated carbocycles. The molecule has 0 aliphatic carbocycles. The van der Waals surface area contributed by atoms with Crippen LogP contribution in [-0.2, 0) is 13.6 Å². The van der Waals surface area contributed by atoms with Gasteiger partial charge in [0, 0.05) is 19.2 Å². The summed E-state index contributed by atoms with van der Waals surface area (Å²) in [6.07, 6.45) is 1.35. The van der Waals surface area contributed by atoms with Gasteiger partial charge in [0.15, 0.2) is 22.7 Å². The Balaban J connectivity index is 2.01. The summed E-state index contributed by atoms with van der Waals surface area (Å²) in [6.45, 7) is -0.178. The van der Waals surface area contributed by atoms with E-state index in [2.05, 4.69) is 20.5 Å². The Morgan fingerprint density at radius 2 is 2.19 bits per heavy atom. The molecule has 0 spiro atoms. The van der Waals surface area contributed by atoms with Crippen molar-refractivity contribution in [2.24, 2.45) is 12.1 Å². The monoisotopic (exact) mass is 374 g/mol. The number of aliphatic hydroxyl groups is 1. The molecular formula is C16H18N6O5. The van der Waals surface area contributed by atoms with Crippen molar-refractivity contribution in [2.75, 3.05) is 19.1 Å². The molecule has 2 heterocycles. The maximum Gasteiger partial charge on any atom is 0.329 e. The molecule has 0 fully saturated rings. The molecule has 142 valence electrons. The average molecular weight is 374 g/mol. The second-order valence-electron chi connectivity index (χ2n) is 5.57. The van der Waals surface area contributed by atoms with Gasteiger partial charge in [-0.2, -0.15) is 10.1 Å². The number of rotatable bonds is 6. The van der Waals surface area contributed by atoms with E-state index in [0.29, 0.717) is 11.3 Å². The third kappa shape index (κ3) is 3.27. The zero-order valence-corrected chi connectivity index (χ0v) is 14.6. The Labute approximate surface area is 152 Å². The molecule has 0 saturated heterocycles. The van der Waals surface area contributed by atoms with Gasteiger partial charge in [-0.3, -0.25) is 14.3 Å². The number of fused-ring (bicyclic) bond motifs is 1. The van der Waals surface area contributed by atoms with Crippen LogP contribution in [-0.4, -0.2) is 49.2 Å². The van der Waals surface area contributed by atoms with Crippen LogP contribution in [0, 0.1) is 0 Å². The van der Waals surface area contributed by atoms with Crippen molar-refractivity contribution in [3.63, 3.8) is 0 Å². The second kappa shape index (κ2) is 7.33. The summed E-state index contributed by atoms with van der Waals surface area (Å²) in [5.41, 5.74) is 2.14. The minimum Gasteiger partial charge on any atom is -0.504 e. The lowest BCUT2D eigenvalue weighted by molar-refractivity contribution is 0.278. The highest BCUT2D eigenvalue weighted by molar-refractivity contribution is 5.85. The summed E-state index contributed by atoms with van der Waals surface area (Å²) in [4.78, 5) is 30.3. The van der Waals surface area contributed by atoms with Crippen LogP contribution >= 0.6 is 0 Å². The second-order valence-corrected chi connectivity index (χ2v) is 5.57. The topological polar surface area (TPSA) is 147 Å². The van der Waals surface area contributed by atoms with E-state index in [0.717, 1.165) is 0 Å². The van der Waals surface area contributed by atoms with E-state index in [-0.39, 0.29) is 36.0 Å². The van der Waals surface area contributed by atoms with Crippen LogP contribution in [0.15, 0.2) is 32.9 Å². The number of ether oxygens (including phenoxy) is 1. The molecule has 0 amide bonds. The van der Waals surface area contributed by atoms with Crippen LogP contribution in [0.25, 0.3) is 11.2 Å². The number of imidazole rings is 1. The molecule has 11 nitrogen and oxygen atoms in total. The third-order valence-electron chi connectivity index (χ3n) is 3.95. The van der Waals surface area contributed by atoms with Crippen molar-refractivity contribution in [3.8, 4) is 11.5 Å². The van der Waals surface area contributed by atoms with Gasteiger partial charge in [0.1, 0.15) is 0 Å². The standard InChI is InChI=1S/C16H18N6O5/c1-21-13-11(14(25)19-16(21)26)22(6-7-23)15(18-13)20-17-8-9-4-3-5-10(27-2)12(9)24/h3-5,8,23-24H,6-7H2,1-2H3,(H,18,20)(H,19,25,26)/b17-8-. The number of aromatic amines is 1. The number of aromatic hydroxyl groups is 1. The minimum atomic E-state index is -0.614. The molecule has 3 aromatic rings. The van der Waals surface area contributed by atoms with E-state index in [1.807, 2.05) is 0 Å². The van der Waals surface area contributed by atoms with Gasteiger partial charge in [-0.25, -0.2) is 10.2 Å². The van der Waals surface area contributed by atoms with E-state index >= 15 is 0 Å². The highest BCUT2D eigenvalue weighted by Gasteiger charge is 2.16. The first-order valence-corrected chi connectivity index (χ1v) is 7.93. The normalized spacial score (nSPS) is 11.4. The first-order chi connectivity index (χ1) is 13.0. The first-order valence-electron chi connectivity index (χ1n) is 7.93. The smallest absolute Gasteiger partial charge is 0.329 e. The predicted molar refractivity (Wildman–Crippen MR) is 98.6 cm³/mol. The van der Waals surface area contributed by atoms with E-state index in [9.17, 15) is 19.8 Å². The number of benzene rings is 1. The number of hydrogen-bond donors (Lipinski definition) is 4. The lowest BCUT2D eigenvalue weighted by atomic mass is 10.2. The number of phenols is 1. The number of methoxy groups -OCH3 is 1. The molecule has 0 bridgehead atoms. The van der Waals surface area contributed by atoms with Crippen LogP contribution in [0.5, 0.6) is 11.5 Å². The number of phenolic OH excluding ortho intramolecular Hbond substituents is 1. The van der Waals surface area contributed by atoms with Crippen molar-refractivity contribution >= 4 is 23.3 Å². The van der Waals surface area contributed by atoms with Crippen LogP contribution in [0.4, 0.5) is 5.95 Å². The van der Waals surface area contributed by atoms with Crippen LogP contribution in [0.1, 0.15) is 5.56 Å². The maximum absolute atomic E-state index is 12.1. The fourth-order valence-corrected chi connectivity index (χ4v) is 2.61. The quantitative estimate of drug-likeness (QED) is 0.338. The first kappa shape index (κ1) is 18.2. The van der Waals surface area contributed by atoms with Gasteiger partial charge in [-0.05, 0) is 12.1 Å². The molecule has 0 radical (unpaired) electrons. The van der Waals surface area contributed by atoms with Crippen LogP contribution in [0.2, 0.25) is 0 Å². The average Bonchev–Trinajstić information content (AvgIpc) is 3.01. The molecular weight excluding hydrogens is 356 g/mol. The number of aliphatic hydroxyl groups excluding tert-OH is 1. The largest absolute Gasteiger partial charge is 0.504 e. The number of hydrazone groups is 1. The van der Waals surface area contributed by atoms with Gasteiger partial charge >= 0.3 is 5.69 Å². The summed E-state index contributed by atoms with van der Waals surface area (Å²) >= 11 is 0. The summed E-state index contributed by atoms with van der Waals surface area (Å²) in [7, 11) is 2.91. The van der Waals surface area contributed by atoms with Gasteiger partial charge in [0.2, 0.25) is 5.95 Å². The molecule has 4 N–H and O–H groups in total. The number of hydrogen-bond acceptors (Lipinski definition) is 8. The fourth-order valence-electron chi connectivity index (χ4n) is 2.61. The molecule has 0 unspecified atom stereocenters. The Hall–Kier alpha value is -3.60. The molecule has 27 heavy (non-hydrogen) atoms. The Morgan fingerprint density at radius 1 is 1.41 bits per heavy atom. The van der Waals surface area contributed by atoms with Crippen molar-refractivity contribution < 1.29 is 14.9 Å². The number of para-hydroxylation sites is 1. The van der Waals surface area contributed by atoms with Gasteiger partial charge in [0.05, 0.1) is 19.9 Å². The molecule has 2 aromatic heterocycles. The molecule has 11 heteroatoms. The molecule has 0 atom stereocenters. The zero-order chi connectivity index (χ0) is 19.6. The summed E-state index contributed by atoms with van der Waals surface area (Å²) in [5, 5.41) is 23.4. The highest BCUT2D eigenvalue weighted by atomic mass is 16.5. The van der Waals surface area contributed by atoms with Crippen LogP contribution < -0.4 is 21.4 Å². The van der Waals surface area contributed by atoms with Gasteiger partial charge in [-0.15, -0.1) is 0 Å². The number of aryl methyl sites for hydroxylation is 1. The maximum atomic E-state index is 12.1. The molecule has 0 aliphatic heterocycles. The van der Waals surface area contributed by atoms with Crippen molar-refractivity contribution in [1.82, 2.24) is 19.1 Å². The van der Waals surface area contributed by atoms with Gasteiger partial charge < -0.3 is 19.5 Å². The molecule has 3 rings (SSSR count). The Kier molecular flexibility index (Phi) is 4.94.